The van der Waals surface area contributed by atoms with Crippen LogP contribution in [0, 0.1) is 0 Å². The number of carboxylic acids is 5. The van der Waals surface area contributed by atoms with Crippen LogP contribution in [0.3, 0.4) is 0 Å². The second-order valence-corrected chi connectivity index (χ2v) is 35.0. The summed E-state index contributed by atoms with van der Waals surface area (Å²) in [5, 5.41) is 81.8. The molecule has 2 atom stereocenters. The average molecular weight is 1720 g/mol. The van der Waals surface area contributed by atoms with Gasteiger partial charge in [0.2, 0.25) is 17.2 Å². The van der Waals surface area contributed by atoms with Gasteiger partial charge in [0.25, 0.3) is 0 Å². The molecule has 0 bridgehead atoms. The number of nitrogens with one attached hydrogen (secondary N) is 4. The van der Waals surface area contributed by atoms with Crippen LogP contribution in [0.15, 0.2) is 84.9 Å². The number of aryl methyl sites for hydroxylation is 3. The molecule has 124 heavy (non-hydrogen) atoms. The lowest BCUT2D eigenvalue weighted by Crippen LogP contribution is -2.51. The Balaban J connectivity index is 0.644. The molecule has 2 unspecified atom stereocenters. The van der Waals surface area contributed by atoms with Gasteiger partial charge in [0.05, 0.1) is 64.7 Å². The Morgan fingerprint density at radius 3 is 1.77 bits per heavy atom. The van der Waals surface area contributed by atoms with Gasteiger partial charge in [0, 0.05) is 156 Å². The normalized spacial score (nSPS) is 14.7. The van der Waals surface area contributed by atoms with E-state index in [1.54, 1.807) is 34.1 Å². The molecule has 4 aliphatic rings. The van der Waals surface area contributed by atoms with E-state index in [1.807, 2.05) is 26.2 Å². The number of ether oxygens (including phenoxy) is 2. The maximum Gasteiger partial charge on any atom is 0.346 e. The number of phenolic OH excluding ortho intramolecular Hbond substituents is 2. The van der Waals surface area contributed by atoms with E-state index in [9.17, 15) is 78.6 Å². The number of amides is 5. The van der Waals surface area contributed by atoms with Crippen molar-refractivity contribution in [2.75, 3.05) is 111 Å². The molecule has 5 amide bonds. The molecule has 3 heterocycles. The number of aromatic hydroxyl groups is 2. The van der Waals surface area contributed by atoms with Crippen LogP contribution in [-0.4, -0.2) is 239 Å². The van der Waals surface area contributed by atoms with Crippen LogP contribution in [0.1, 0.15) is 235 Å². The second-order valence-electron chi connectivity index (χ2n) is 35.0. The molecule has 0 aromatic heterocycles. The molecule has 5 aromatic rings. The van der Waals surface area contributed by atoms with E-state index in [2.05, 4.69) is 109 Å². The number of benzene rings is 5. The smallest absolute Gasteiger partial charge is 0.346 e. The predicted octanol–water partition coefficient (Wildman–Crippen LogP) is 9.19. The Kier molecular flexibility index (Phi) is 35.8. The van der Waals surface area contributed by atoms with Crippen molar-refractivity contribution in [3.05, 3.63) is 162 Å². The summed E-state index contributed by atoms with van der Waals surface area (Å²) >= 11 is 0. The van der Waals surface area contributed by atoms with Gasteiger partial charge >= 0.3 is 41.8 Å². The van der Waals surface area contributed by atoms with E-state index in [0.29, 0.717) is 120 Å². The fourth-order valence-corrected chi connectivity index (χ4v) is 17.9. The number of aliphatic carboxylic acids is 5. The van der Waals surface area contributed by atoms with Crippen LogP contribution in [-0.2, 0) is 96.8 Å². The third-order valence-electron chi connectivity index (χ3n) is 24.2. The van der Waals surface area contributed by atoms with E-state index in [1.165, 1.54) is 67.3 Å². The van der Waals surface area contributed by atoms with Crippen LogP contribution in [0.2, 0.25) is 0 Å². The first kappa shape index (κ1) is 97.1. The number of likely N-dealkylation sites (N-methyl/N-ethyl adjacent to an activating group) is 1. The zero-order valence-electron chi connectivity index (χ0n) is 73.5. The van der Waals surface area contributed by atoms with Crippen molar-refractivity contribution in [1.29, 1.82) is 0 Å². The maximum absolute atomic E-state index is 15.3. The molecule has 0 saturated heterocycles. The SMILES string of the molecule is CCN1c2cc3c(cc2C(C)=CC1(C)C)C(c1ccccc1C(=O)[N+](C)(C)CCCC(=O)CCCOCCOCCNC(=O)CCc1ccc(O)c(CN(CCN(CC(=O)O)Cc2cc(CCC(=O)CCCCCCC(=O)NCCCCC(NC(=O)NC(CCC(=O)O)C(=O)O)C(=O)O)ccc2O)CC(=O)O)c1)=c1cc2c4c(c1C3(C)C)CCC[N+]=4CCC2. The molecule has 11 N–H and O–H groups in total. The largest absolute Gasteiger partial charge is 0.508 e. The third-order valence-corrected chi connectivity index (χ3v) is 24.2. The number of nitrogens with zero attached hydrogens (tertiary/aromatic N) is 5. The standard InChI is InChI=1S/C95H127N9O20/c1-9-103-79-56-76-74(55-73(79)62(2)57-94(103,3)4)87(75-54-65-22-18-43-102-44-19-28-72(89(65)102)88(75)95(76,5)6)70-26-14-15-27-71(70)90(117)104(7,8)47-20-24-68(105)25-21-48-123-50-51-124-49-42-97-83(110)39-34-64-33-38-81(108)67(53-64)59-101(61-86(115)116)46-45-100(60-85(113)114)58-66-52-63(32-37-80(66)107)31-35-69(106)23-12-10-11-13-30-82(109)96-41-17-16-29-77(91(118)119)98-93(122)99-78(92(120)121)36-40-84(111)112/h14-15,26-27,32-33,37-38,52-57,77-78H,9-13,16-25,28-31,34-36,39-51,58-61H2,1-8H3,(H9-2,96,97,98,99,107,108,109,110,111,112,113,114,115,116,118,119,120,121,122)/p+2. The van der Waals surface area contributed by atoms with Crippen molar-refractivity contribution >= 4 is 82.0 Å². The van der Waals surface area contributed by atoms with E-state index in [0.717, 1.165) is 67.6 Å². The van der Waals surface area contributed by atoms with Gasteiger partial charge in [0.1, 0.15) is 48.2 Å². The molecular formula is C95H129N9O20+2. The number of fused-ring (bicyclic) bond motifs is 4. The van der Waals surface area contributed by atoms with Crippen LogP contribution in [0.4, 0.5) is 10.5 Å². The monoisotopic (exact) mass is 1720 g/mol. The molecule has 0 spiro atoms. The molecule has 0 fully saturated rings. The number of quaternary nitrogens is 1. The fourth-order valence-electron chi connectivity index (χ4n) is 17.9. The minimum atomic E-state index is -1.53. The number of hydrogen-bond acceptors (Lipinski definition) is 18. The first-order chi connectivity index (χ1) is 59.0. The van der Waals surface area contributed by atoms with E-state index in [4.69, 9.17) is 14.6 Å². The number of urea groups is 1. The van der Waals surface area contributed by atoms with Gasteiger partial charge in [-0.15, -0.1) is 0 Å². The number of carbonyl (C=O) groups is 11. The highest BCUT2D eigenvalue weighted by Crippen LogP contribution is 2.49. The summed E-state index contributed by atoms with van der Waals surface area (Å²) in [7, 11) is 3.92. The molecule has 29 heteroatoms. The summed E-state index contributed by atoms with van der Waals surface area (Å²) < 4.78 is 14.2. The van der Waals surface area contributed by atoms with Crippen molar-refractivity contribution in [3.63, 3.8) is 0 Å². The first-order valence-corrected chi connectivity index (χ1v) is 44.0. The van der Waals surface area contributed by atoms with Crippen molar-refractivity contribution in [1.82, 2.24) is 35.6 Å². The zero-order chi connectivity index (χ0) is 90.0. The van der Waals surface area contributed by atoms with Crippen LogP contribution < -0.4 is 41.3 Å². The summed E-state index contributed by atoms with van der Waals surface area (Å²) in [4.78, 5) is 143. The molecule has 5 aromatic carbocycles. The maximum atomic E-state index is 15.3. The molecule has 0 saturated carbocycles. The van der Waals surface area contributed by atoms with Gasteiger partial charge in [-0.25, -0.2) is 23.8 Å². The number of anilines is 1. The Hall–Kier alpha value is -10.7. The van der Waals surface area contributed by atoms with Crippen molar-refractivity contribution in [3.8, 4) is 11.5 Å². The van der Waals surface area contributed by atoms with E-state index in [-0.39, 0.29) is 134 Å². The number of hydrogen-bond donors (Lipinski definition) is 11. The Labute approximate surface area is 726 Å². The summed E-state index contributed by atoms with van der Waals surface area (Å²) in [6.45, 7) is 18.3. The van der Waals surface area contributed by atoms with E-state index >= 15 is 4.79 Å². The molecule has 0 radical (unpaired) electrons. The molecule has 672 valence electrons. The van der Waals surface area contributed by atoms with Gasteiger partial charge in [-0.2, -0.15) is 0 Å². The molecule has 1 aliphatic carbocycles. The average Bonchev–Trinajstić information content (AvgIpc) is 0.692. The van der Waals surface area contributed by atoms with Crippen LogP contribution in [0.25, 0.3) is 11.1 Å². The third kappa shape index (κ3) is 27.4. The minimum Gasteiger partial charge on any atom is -0.508 e. The fraction of sp³-hybridized carbons (Fsp3) is 0.537. The quantitative estimate of drug-likeness (QED) is 0.00981. The molecule has 9 rings (SSSR count). The second kappa shape index (κ2) is 45.8. The lowest BCUT2D eigenvalue weighted by atomic mass is 9.65. The Bertz CT molecular complexity index is 4870. The summed E-state index contributed by atoms with van der Waals surface area (Å²) in [5.41, 5.74) is 15.0. The predicted molar refractivity (Wildman–Crippen MR) is 470 cm³/mol. The lowest BCUT2D eigenvalue weighted by molar-refractivity contribution is -0.807. The molecule has 29 nitrogen and oxygen atoms in total. The number of phenols is 2. The lowest BCUT2D eigenvalue weighted by Gasteiger charge is -2.45. The van der Waals surface area contributed by atoms with Crippen molar-refractivity contribution in [2.24, 2.45) is 0 Å². The highest BCUT2D eigenvalue weighted by atomic mass is 16.5. The number of rotatable bonds is 53. The van der Waals surface area contributed by atoms with Crippen LogP contribution >= 0.6 is 0 Å². The van der Waals surface area contributed by atoms with Gasteiger partial charge in [-0.3, -0.25) is 47.8 Å². The molecule has 3 aliphatic heterocycles. The summed E-state index contributed by atoms with van der Waals surface area (Å²) in [6, 6.07) is 21.4. The van der Waals surface area contributed by atoms with Crippen LogP contribution in [0.5, 0.6) is 11.5 Å². The van der Waals surface area contributed by atoms with E-state index < -0.39 is 73.9 Å². The summed E-state index contributed by atoms with van der Waals surface area (Å²) in [5.74, 6) is -6.86. The highest BCUT2D eigenvalue weighted by Gasteiger charge is 2.43. The van der Waals surface area contributed by atoms with Gasteiger partial charge in [0.15, 0.2) is 0 Å². The van der Waals surface area contributed by atoms with Gasteiger partial charge in [-0.1, -0.05) is 75.2 Å². The molecular weight excluding hydrogens is 1590 g/mol. The number of ketones is 2. The number of unbranched alkanes of at least 4 members (excludes halogenated alkanes) is 4. The minimum absolute atomic E-state index is 0.00808. The number of carbonyl (C=O) groups excluding carboxylic acids is 6. The topological polar surface area (TPSA) is 409 Å². The number of Topliss-reactive ketones (excluding diaryl/α,β-unsaturated/α-hetero) is 2. The van der Waals surface area contributed by atoms with Crippen molar-refractivity contribution < 1.29 is 102 Å². The zero-order valence-corrected chi connectivity index (χ0v) is 73.5. The van der Waals surface area contributed by atoms with Gasteiger partial charge in [-0.05, 0) is 184 Å². The van der Waals surface area contributed by atoms with Gasteiger partial charge < -0.3 is 71.4 Å². The summed E-state index contributed by atoms with van der Waals surface area (Å²) in [6.07, 6.45) is 12.4. The Morgan fingerprint density at radius 1 is 0.573 bits per heavy atom. The Morgan fingerprint density at radius 2 is 1.15 bits per heavy atom. The first-order valence-electron chi connectivity index (χ1n) is 44.0. The number of carboxylic acid groups (broad SMARTS) is 5. The van der Waals surface area contributed by atoms with Crippen molar-refractivity contribution in [2.45, 2.75) is 225 Å². The number of allylic oxidation sites excluding steroid dienone is 1. The highest BCUT2D eigenvalue weighted by molar-refractivity contribution is 6.00.